The summed E-state index contributed by atoms with van der Waals surface area (Å²) in [4.78, 5) is 4.61. The van der Waals surface area contributed by atoms with Crippen molar-refractivity contribution in [3.63, 3.8) is 0 Å². The normalized spacial score (nSPS) is 12.0. The van der Waals surface area contributed by atoms with Crippen molar-refractivity contribution in [2.45, 2.75) is 33.1 Å². The molecule has 0 amide bonds. The van der Waals surface area contributed by atoms with E-state index in [-0.39, 0.29) is 5.41 Å². The molecule has 0 aliphatic rings. The molecule has 3 aromatic carbocycles. The standard InChI is InChI=1S/C27H28N2O/c1-5-30-24-15-13-23(14-16-24)29-19-28-25-18-21(10-17-26(25)29)7-6-20-8-11-22(12-9-20)27(2,3)4/h6-19H,5H2,1-4H3. The van der Waals surface area contributed by atoms with Crippen LogP contribution < -0.4 is 4.74 Å². The molecule has 0 spiro atoms. The second kappa shape index (κ2) is 8.19. The van der Waals surface area contributed by atoms with Gasteiger partial charge in [-0.05, 0) is 65.4 Å². The van der Waals surface area contributed by atoms with Gasteiger partial charge in [-0.2, -0.15) is 0 Å². The third-order valence-electron chi connectivity index (χ3n) is 5.24. The lowest BCUT2D eigenvalue weighted by atomic mass is 9.87. The molecule has 0 aliphatic carbocycles. The molecule has 4 rings (SSSR count). The molecule has 1 heterocycles. The Bertz CT molecular complexity index is 1160. The summed E-state index contributed by atoms with van der Waals surface area (Å²) < 4.78 is 7.64. The largest absolute Gasteiger partial charge is 0.494 e. The monoisotopic (exact) mass is 396 g/mol. The molecule has 30 heavy (non-hydrogen) atoms. The van der Waals surface area contributed by atoms with Crippen molar-refractivity contribution >= 4 is 23.2 Å². The summed E-state index contributed by atoms with van der Waals surface area (Å²) in [7, 11) is 0. The van der Waals surface area contributed by atoms with Gasteiger partial charge in [-0.25, -0.2) is 4.98 Å². The van der Waals surface area contributed by atoms with Gasteiger partial charge in [0.1, 0.15) is 12.1 Å². The van der Waals surface area contributed by atoms with Gasteiger partial charge in [-0.3, -0.25) is 4.57 Å². The van der Waals surface area contributed by atoms with Crippen LogP contribution in [0.15, 0.2) is 73.1 Å². The number of hydrogen-bond donors (Lipinski definition) is 0. The zero-order valence-corrected chi connectivity index (χ0v) is 18.1. The molecule has 0 atom stereocenters. The zero-order chi connectivity index (χ0) is 21.1. The molecule has 1 aromatic heterocycles. The fourth-order valence-corrected chi connectivity index (χ4v) is 3.50. The quantitative estimate of drug-likeness (QED) is 0.343. The van der Waals surface area contributed by atoms with Gasteiger partial charge in [0.15, 0.2) is 0 Å². The Labute approximate surface area is 178 Å². The second-order valence-electron chi connectivity index (χ2n) is 8.49. The lowest BCUT2D eigenvalue weighted by Crippen LogP contribution is -2.10. The van der Waals surface area contributed by atoms with Crippen LogP contribution >= 0.6 is 0 Å². The highest BCUT2D eigenvalue weighted by Gasteiger charge is 2.12. The lowest BCUT2D eigenvalue weighted by Gasteiger charge is -2.18. The SMILES string of the molecule is CCOc1ccc(-n2cnc3cc(C=Cc4ccc(C(C)(C)C)cc4)ccc32)cc1. The number of ether oxygens (including phenoxy) is 1. The van der Waals surface area contributed by atoms with E-state index in [4.69, 9.17) is 4.74 Å². The predicted molar refractivity (Wildman–Crippen MR) is 126 cm³/mol. The van der Waals surface area contributed by atoms with E-state index in [2.05, 4.69) is 97.1 Å². The highest BCUT2D eigenvalue weighted by molar-refractivity contribution is 5.82. The highest BCUT2D eigenvalue weighted by atomic mass is 16.5. The maximum absolute atomic E-state index is 5.54. The van der Waals surface area contributed by atoms with Crippen LogP contribution in [0.4, 0.5) is 0 Å². The molecule has 0 unspecified atom stereocenters. The molecule has 3 heteroatoms. The summed E-state index contributed by atoms with van der Waals surface area (Å²) in [5, 5.41) is 0. The van der Waals surface area contributed by atoms with Gasteiger partial charge in [0.05, 0.1) is 17.6 Å². The van der Waals surface area contributed by atoms with Crippen molar-refractivity contribution < 1.29 is 4.74 Å². The summed E-state index contributed by atoms with van der Waals surface area (Å²) in [6.07, 6.45) is 6.16. The Morgan fingerprint density at radius 2 is 1.53 bits per heavy atom. The van der Waals surface area contributed by atoms with Crippen LogP contribution in [0.25, 0.3) is 28.9 Å². The van der Waals surface area contributed by atoms with E-state index in [0.29, 0.717) is 6.61 Å². The number of nitrogens with zero attached hydrogens (tertiary/aromatic N) is 2. The highest BCUT2D eigenvalue weighted by Crippen LogP contribution is 2.24. The average Bonchev–Trinajstić information content (AvgIpc) is 3.16. The van der Waals surface area contributed by atoms with E-state index in [1.54, 1.807) is 0 Å². The van der Waals surface area contributed by atoms with Crippen molar-refractivity contribution in [3.05, 3.63) is 89.7 Å². The van der Waals surface area contributed by atoms with Crippen molar-refractivity contribution in [1.29, 1.82) is 0 Å². The van der Waals surface area contributed by atoms with E-state index in [1.165, 1.54) is 11.1 Å². The average molecular weight is 397 g/mol. The first kappa shape index (κ1) is 20.0. The zero-order valence-electron chi connectivity index (χ0n) is 18.1. The van der Waals surface area contributed by atoms with E-state index in [0.717, 1.165) is 28.0 Å². The first-order valence-corrected chi connectivity index (χ1v) is 10.4. The Morgan fingerprint density at radius 1 is 0.867 bits per heavy atom. The fourth-order valence-electron chi connectivity index (χ4n) is 3.50. The van der Waals surface area contributed by atoms with Gasteiger partial charge in [0, 0.05) is 5.69 Å². The summed E-state index contributed by atoms with van der Waals surface area (Å²) in [6, 6.07) is 23.3. The van der Waals surface area contributed by atoms with Gasteiger partial charge >= 0.3 is 0 Å². The van der Waals surface area contributed by atoms with Crippen LogP contribution in [0.2, 0.25) is 0 Å². The van der Waals surface area contributed by atoms with Gasteiger partial charge in [-0.1, -0.05) is 63.3 Å². The van der Waals surface area contributed by atoms with E-state index < -0.39 is 0 Å². The molecular weight excluding hydrogens is 368 g/mol. The van der Waals surface area contributed by atoms with Crippen LogP contribution in [0.5, 0.6) is 5.75 Å². The summed E-state index contributed by atoms with van der Waals surface area (Å²) in [5.41, 5.74) is 7.00. The van der Waals surface area contributed by atoms with E-state index in [1.807, 2.05) is 25.4 Å². The minimum absolute atomic E-state index is 0.176. The van der Waals surface area contributed by atoms with Gasteiger partial charge in [0.25, 0.3) is 0 Å². The van der Waals surface area contributed by atoms with Crippen molar-refractivity contribution in [1.82, 2.24) is 9.55 Å². The smallest absolute Gasteiger partial charge is 0.119 e. The van der Waals surface area contributed by atoms with Crippen LogP contribution in [0.1, 0.15) is 44.4 Å². The maximum Gasteiger partial charge on any atom is 0.119 e. The van der Waals surface area contributed by atoms with Gasteiger partial charge in [-0.15, -0.1) is 0 Å². The number of fused-ring (bicyclic) bond motifs is 1. The topological polar surface area (TPSA) is 27.1 Å². The van der Waals surface area contributed by atoms with E-state index >= 15 is 0 Å². The van der Waals surface area contributed by atoms with Crippen LogP contribution in [0, 0.1) is 0 Å². The molecular formula is C27H28N2O. The molecule has 3 nitrogen and oxygen atoms in total. The summed E-state index contributed by atoms with van der Waals surface area (Å²) >= 11 is 0. The predicted octanol–water partition coefficient (Wildman–Crippen LogP) is 6.89. The number of hydrogen-bond acceptors (Lipinski definition) is 2. The van der Waals surface area contributed by atoms with Gasteiger partial charge < -0.3 is 4.74 Å². The molecule has 0 saturated carbocycles. The van der Waals surface area contributed by atoms with Crippen molar-refractivity contribution in [2.75, 3.05) is 6.61 Å². The maximum atomic E-state index is 5.54. The molecule has 0 bridgehead atoms. The van der Waals surface area contributed by atoms with Crippen LogP contribution in [0.3, 0.4) is 0 Å². The number of rotatable bonds is 5. The Kier molecular flexibility index (Phi) is 5.45. The number of imidazole rings is 1. The molecule has 0 fully saturated rings. The van der Waals surface area contributed by atoms with E-state index in [9.17, 15) is 0 Å². The molecule has 0 aliphatic heterocycles. The van der Waals surface area contributed by atoms with Crippen LogP contribution in [-0.4, -0.2) is 16.2 Å². The minimum atomic E-state index is 0.176. The third kappa shape index (κ3) is 4.30. The summed E-state index contributed by atoms with van der Waals surface area (Å²) in [6.45, 7) is 9.37. The Balaban J connectivity index is 1.55. The minimum Gasteiger partial charge on any atom is -0.494 e. The molecule has 0 N–H and O–H groups in total. The third-order valence-corrected chi connectivity index (χ3v) is 5.24. The Hall–Kier alpha value is -3.33. The summed E-state index contributed by atoms with van der Waals surface area (Å²) in [5.74, 6) is 0.883. The van der Waals surface area contributed by atoms with Crippen LogP contribution in [-0.2, 0) is 5.41 Å². The fraction of sp³-hybridized carbons (Fsp3) is 0.222. The van der Waals surface area contributed by atoms with Crippen molar-refractivity contribution in [3.8, 4) is 11.4 Å². The number of benzene rings is 3. The van der Waals surface area contributed by atoms with Gasteiger partial charge in [0.2, 0.25) is 0 Å². The molecule has 0 radical (unpaired) electrons. The Morgan fingerprint density at radius 3 is 2.20 bits per heavy atom. The first-order chi connectivity index (χ1) is 14.4. The van der Waals surface area contributed by atoms with Crippen molar-refractivity contribution in [2.24, 2.45) is 0 Å². The number of aromatic nitrogens is 2. The molecule has 152 valence electrons. The first-order valence-electron chi connectivity index (χ1n) is 10.4. The second-order valence-corrected chi connectivity index (χ2v) is 8.49. The molecule has 4 aromatic rings. The molecule has 0 saturated heterocycles. The lowest BCUT2D eigenvalue weighted by molar-refractivity contribution is 0.340.